The van der Waals surface area contributed by atoms with E-state index < -0.39 is 0 Å². The lowest BCUT2D eigenvalue weighted by atomic mass is 9.97. The first-order valence-electron chi connectivity index (χ1n) is 7.56. The molecule has 0 aliphatic rings. The second-order valence-corrected chi connectivity index (χ2v) is 6.18. The summed E-state index contributed by atoms with van der Waals surface area (Å²) in [6.07, 6.45) is 3.26. The van der Waals surface area contributed by atoms with Gasteiger partial charge in [-0.05, 0) is 42.9 Å². The summed E-state index contributed by atoms with van der Waals surface area (Å²) >= 11 is 5.93. The molecular formula is C17H26ClNO2. The molecule has 0 fully saturated rings. The molecule has 3 nitrogen and oxygen atoms in total. The number of halogens is 1. The summed E-state index contributed by atoms with van der Waals surface area (Å²) < 4.78 is 4.98. The van der Waals surface area contributed by atoms with Crippen LogP contribution in [0, 0.1) is 5.92 Å². The zero-order valence-corrected chi connectivity index (χ0v) is 14.0. The average Bonchev–Trinajstić information content (AvgIpc) is 2.44. The smallest absolute Gasteiger partial charge is 0.220 e. The van der Waals surface area contributed by atoms with Crippen LogP contribution in [0.5, 0.6) is 0 Å². The fraction of sp³-hybridized carbons (Fsp3) is 0.588. The van der Waals surface area contributed by atoms with E-state index in [2.05, 4.69) is 19.2 Å². The highest BCUT2D eigenvalue weighted by molar-refractivity contribution is 6.30. The molecule has 1 aromatic rings. The summed E-state index contributed by atoms with van der Waals surface area (Å²) in [5.41, 5.74) is 1.11. The zero-order chi connectivity index (χ0) is 15.7. The summed E-state index contributed by atoms with van der Waals surface area (Å²) in [5.74, 6) is 0.695. The van der Waals surface area contributed by atoms with Gasteiger partial charge in [0.05, 0.1) is 6.04 Å². The minimum Gasteiger partial charge on any atom is -0.385 e. The third-order valence-electron chi connectivity index (χ3n) is 3.39. The Kier molecular flexibility index (Phi) is 8.40. The number of hydrogen-bond donors (Lipinski definition) is 1. The first-order valence-corrected chi connectivity index (χ1v) is 7.94. The minimum atomic E-state index is 0.0553. The highest BCUT2D eigenvalue weighted by Crippen LogP contribution is 2.23. The van der Waals surface area contributed by atoms with Gasteiger partial charge in [-0.15, -0.1) is 0 Å². The van der Waals surface area contributed by atoms with Crippen molar-refractivity contribution in [1.82, 2.24) is 5.32 Å². The van der Waals surface area contributed by atoms with E-state index in [-0.39, 0.29) is 11.9 Å². The molecule has 0 bridgehead atoms. The van der Waals surface area contributed by atoms with Crippen molar-refractivity contribution in [1.29, 1.82) is 0 Å². The van der Waals surface area contributed by atoms with E-state index >= 15 is 0 Å². The number of benzene rings is 1. The van der Waals surface area contributed by atoms with Crippen LogP contribution in [-0.2, 0) is 9.53 Å². The Morgan fingerprint density at radius 1 is 1.24 bits per heavy atom. The van der Waals surface area contributed by atoms with Crippen molar-refractivity contribution < 1.29 is 9.53 Å². The van der Waals surface area contributed by atoms with Gasteiger partial charge in [-0.2, -0.15) is 0 Å². The Morgan fingerprint density at radius 2 is 1.90 bits per heavy atom. The number of methoxy groups -OCH3 is 1. The largest absolute Gasteiger partial charge is 0.385 e. The van der Waals surface area contributed by atoms with Gasteiger partial charge in [0, 0.05) is 25.2 Å². The third kappa shape index (κ3) is 7.49. The van der Waals surface area contributed by atoms with Crippen LogP contribution in [0.3, 0.4) is 0 Å². The van der Waals surface area contributed by atoms with Gasteiger partial charge in [0.2, 0.25) is 5.91 Å². The molecule has 1 atom stereocenters. The number of hydrogen-bond acceptors (Lipinski definition) is 2. The fourth-order valence-electron chi connectivity index (χ4n) is 2.16. The van der Waals surface area contributed by atoms with Crippen molar-refractivity contribution in [2.75, 3.05) is 13.7 Å². The predicted molar refractivity (Wildman–Crippen MR) is 87.5 cm³/mol. The molecule has 1 unspecified atom stereocenters. The zero-order valence-electron chi connectivity index (χ0n) is 13.2. The molecule has 0 radical (unpaired) electrons. The van der Waals surface area contributed by atoms with Crippen LogP contribution in [0.15, 0.2) is 24.3 Å². The van der Waals surface area contributed by atoms with Crippen LogP contribution < -0.4 is 5.32 Å². The van der Waals surface area contributed by atoms with Gasteiger partial charge in [-0.25, -0.2) is 0 Å². The Labute approximate surface area is 133 Å². The van der Waals surface area contributed by atoms with E-state index in [4.69, 9.17) is 16.3 Å². The molecule has 4 heteroatoms. The monoisotopic (exact) mass is 311 g/mol. The summed E-state index contributed by atoms with van der Waals surface area (Å²) in [6, 6.07) is 7.78. The molecule has 1 aromatic carbocycles. The molecule has 0 saturated carbocycles. The van der Waals surface area contributed by atoms with E-state index in [0.717, 1.165) is 24.8 Å². The maximum absolute atomic E-state index is 12.0. The van der Waals surface area contributed by atoms with Crippen molar-refractivity contribution in [3.05, 3.63) is 34.9 Å². The quantitative estimate of drug-likeness (QED) is 0.688. The molecule has 118 valence electrons. The van der Waals surface area contributed by atoms with Crippen molar-refractivity contribution in [2.24, 2.45) is 5.92 Å². The predicted octanol–water partition coefficient (Wildman–Crippen LogP) is 4.36. The fourth-order valence-corrected chi connectivity index (χ4v) is 2.29. The molecule has 0 heterocycles. The van der Waals surface area contributed by atoms with Gasteiger partial charge in [0.15, 0.2) is 0 Å². The van der Waals surface area contributed by atoms with E-state index in [1.165, 1.54) is 0 Å². The van der Waals surface area contributed by atoms with Gasteiger partial charge in [-0.3, -0.25) is 4.79 Å². The topological polar surface area (TPSA) is 38.3 Å². The summed E-state index contributed by atoms with van der Waals surface area (Å²) in [6.45, 7) is 5.00. The second-order valence-electron chi connectivity index (χ2n) is 5.74. The van der Waals surface area contributed by atoms with Crippen LogP contribution in [0.1, 0.15) is 51.1 Å². The van der Waals surface area contributed by atoms with Crippen molar-refractivity contribution in [2.45, 2.75) is 45.6 Å². The SMILES string of the molecule is COCCCC(=O)NC(CCC(C)C)c1ccc(Cl)cc1. The van der Waals surface area contributed by atoms with Crippen molar-refractivity contribution in [3.63, 3.8) is 0 Å². The lowest BCUT2D eigenvalue weighted by Gasteiger charge is -2.20. The standard InChI is InChI=1S/C17H26ClNO2/c1-13(2)6-11-16(14-7-9-15(18)10-8-14)19-17(20)5-4-12-21-3/h7-10,13,16H,4-6,11-12H2,1-3H3,(H,19,20). The minimum absolute atomic E-state index is 0.0553. The van der Waals surface area contributed by atoms with E-state index in [9.17, 15) is 4.79 Å². The molecule has 1 rings (SSSR count). The van der Waals surface area contributed by atoms with E-state index in [1.54, 1.807) is 7.11 Å². The highest BCUT2D eigenvalue weighted by Gasteiger charge is 2.15. The first-order chi connectivity index (χ1) is 10.0. The van der Waals surface area contributed by atoms with Gasteiger partial charge >= 0.3 is 0 Å². The summed E-state index contributed by atoms with van der Waals surface area (Å²) in [4.78, 5) is 12.0. The number of carbonyl (C=O) groups excluding carboxylic acids is 1. The average molecular weight is 312 g/mol. The van der Waals surface area contributed by atoms with Crippen LogP contribution in [0.2, 0.25) is 5.02 Å². The Morgan fingerprint density at radius 3 is 2.48 bits per heavy atom. The number of carbonyl (C=O) groups is 1. The number of nitrogens with one attached hydrogen (secondary N) is 1. The lowest BCUT2D eigenvalue weighted by Crippen LogP contribution is -2.28. The van der Waals surface area contributed by atoms with Crippen LogP contribution in [-0.4, -0.2) is 19.6 Å². The molecule has 0 spiro atoms. The van der Waals surface area contributed by atoms with Crippen LogP contribution in [0.4, 0.5) is 0 Å². The first kappa shape index (κ1) is 18.0. The second kappa shape index (κ2) is 9.80. The van der Waals surface area contributed by atoms with Gasteiger partial charge in [-0.1, -0.05) is 37.6 Å². The molecule has 21 heavy (non-hydrogen) atoms. The maximum Gasteiger partial charge on any atom is 0.220 e. The Bertz CT molecular complexity index is 417. The molecular weight excluding hydrogens is 286 g/mol. The van der Waals surface area contributed by atoms with Crippen molar-refractivity contribution >= 4 is 17.5 Å². The molecule has 0 aliphatic heterocycles. The molecule has 0 aromatic heterocycles. The summed E-state index contributed by atoms with van der Waals surface area (Å²) in [7, 11) is 1.65. The Hall–Kier alpha value is -1.06. The third-order valence-corrected chi connectivity index (χ3v) is 3.64. The number of amides is 1. The molecule has 1 amide bonds. The summed E-state index contributed by atoms with van der Waals surface area (Å²) in [5, 5.41) is 3.84. The lowest BCUT2D eigenvalue weighted by molar-refractivity contribution is -0.122. The van der Waals surface area contributed by atoms with E-state index in [0.29, 0.717) is 24.0 Å². The van der Waals surface area contributed by atoms with Crippen LogP contribution >= 0.6 is 11.6 Å². The maximum atomic E-state index is 12.0. The highest BCUT2D eigenvalue weighted by atomic mass is 35.5. The van der Waals surface area contributed by atoms with Gasteiger partial charge < -0.3 is 10.1 Å². The van der Waals surface area contributed by atoms with E-state index in [1.807, 2.05) is 24.3 Å². The number of ether oxygens (including phenoxy) is 1. The molecule has 1 N–H and O–H groups in total. The Balaban J connectivity index is 2.63. The van der Waals surface area contributed by atoms with Crippen LogP contribution in [0.25, 0.3) is 0 Å². The molecule has 0 aliphatic carbocycles. The normalized spacial score (nSPS) is 12.4. The molecule has 0 saturated heterocycles. The van der Waals surface area contributed by atoms with Crippen molar-refractivity contribution in [3.8, 4) is 0 Å². The van der Waals surface area contributed by atoms with Gasteiger partial charge in [0.1, 0.15) is 0 Å². The number of rotatable bonds is 9. The van der Waals surface area contributed by atoms with Gasteiger partial charge in [0.25, 0.3) is 0 Å².